The topological polar surface area (TPSA) is 79.6 Å². The third kappa shape index (κ3) is 4.18. The minimum Gasteiger partial charge on any atom is -0.349 e. The summed E-state index contributed by atoms with van der Waals surface area (Å²) in [6.07, 6.45) is 6.05. The molecule has 1 aromatic carbocycles. The average molecular weight is 498 g/mol. The molecule has 1 spiro atoms. The molecular formula is C26H29ClFN5O2. The number of amides is 2. The molecule has 0 bridgehead atoms. The van der Waals surface area contributed by atoms with Crippen LogP contribution in [0.3, 0.4) is 0 Å². The highest BCUT2D eigenvalue weighted by atomic mass is 35.5. The van der Waals surface area contributed by atoms with Crippen molar-refractivity contribution in [2.45, 2.75) is 65.3 Å². The number of carbonyl (C=O) groups excluding carboxylic acids is 2. The molecule has 2 amide bonds. The number of anilines is 1. The summed E-state index contributed by atoms with van der Waals surface area (Å²) >= 11 is 6.32. The van der Waals surface area contributed by atoms with Crippen LogP contribution in [0.1, 0.15) is 65.8 Å². The SMILES string of the molecule is Cc1cc(C)n2ncc(C(=O)NC3CCC4(CCCN(c5cc(C)c(F)cc5Cl)C4=O)CC3)c2n1. The van der Waals surface area contributed by atoms with E-state index >= 15 is 0 Å². The minimum absolute atomic E-state index is 0.0196. The number of fused-ring (bicyclic) bond motifs is 1. The van der Waals surface area contributed by atoms with Crippen molar-refractivity contribution in [1.82, 2.24) is 19.9 Å². The van der Waals surface area contributed by atoms with Crippen LogP contribution in [0.4, 0.5) is 10.1 Å². The van der Waals surface area contributed by atoms with Gasteiger partial charge >= 0.3 is 0 Å². The van der Waals surface area contributed by atoms with E-state index in [0.717, 1.165) is 24.2 Å². The van der Waals surface area contributed by atoms with Gasteiger partial charge in [0.15, 0.2) is 5.65 Å². The first kappa shape index (κ1) is 23.7. The van der Waals surface area contributed by atoms with Crippen LogP contribution < -0.4 is 10.2 Å². The van der Waals surface area contributed by atoms with Crippen LogP contribution in [0, 0.1) is 32.0 Å². The maximum Gasteiger partial charge on any atom is 0.256 e. The highest BCUT2D eigenvalue weighted by molar-refractivity contribution is 6.34. The summed E-state index contributed by atoms with van der Waals surface area (Å²) < 4.78 is 15.6. The first-order chi connectivity index (χ1) is 16.7. The Bertz CT molecular complexity index is 1330. The van der Waals surface area contributed by atoms with Crippen molar-refractivity contribution in [2.75, 3.05) is 11.4 Å². The van der Waals surface area contributed by atoms with Crippen molar-refractivity contribution >= 4 is 34.7 Å². The lowest BCUT2D eigenvalue weighted by atomic mass is 9.67. The third-order valence-electron chi connectivity index (χ3n) is 7.56. The maximum atomic E-state index is 13.9. The predicted octanol–water partition coefficient (Wildman–Crippen LogP) is 4.93. The van der Waals surface area contributed by atoms with E-state index in [-0.39, 0.29) is 28.7 Å². The number of halogens is 2. The molecule has 2 aliphatic rings. The molecule has 1 N–H and O–H groups in total. The number of hydrogen-bond donors (Lipinski definition) is 1. The summed E-state index contributed by atoms with van der Waals surface area (Å²) in [6, 6.07) is 4.85. The zero-order chi connectivity index (χ0) is 24.9. The Morgan fingerprint density at radius 1 is 1.17 bits per heavy atom. The number of aromatic nitrogens is 3. The monoisotopic (exact) mass is 497 g/mol. The van der Waals surface area contributed by atoms with E-state index < -0.39 is 5.41 Å². The van der Waals surface area contributed by atoms with E-state index in [0.29, 0.717) is 54.7 Å². The molecule has 0 unspecified atom stereocenters. The first-order valence-corrected chi connectivity index (χ1v) is 12.5. The molecule has 3 aromatic rings. The second-order valence-corrected chi connectivity index (χ2v) is 10.4. The molecule has 3 heterocycles. The summed E-state index contributed by atoms with van der Waals surface area (Å²) in [7, 11) is 0. The fourth-order valence-corrected chi connectivity index (χ4v) is 5.87. The Morgan fingerprint density at radius 3 is 2.66 bits per heavy atom. The Balaban J connectivity index is 1.29. The van der Waals surface area contributed by atoms with Gasteiger partial charge in [-0.15, -0.1) is 0 Å². The summed E-state index contributed by atoms with van der Waals surface area (Å²) in [5.74, 6) is -0.510. The summed E-state index contributed by atoms with van der Waals surface area (Å²) in [6.45, 7) is 6.08. The van der Waals surface area contributed by atoms with Crippen LogP contribution in [0.25, 0.3) is 5.65 Å². The number of benzene rings is 1. The van der Waals surface area contributed by atoms with Crippen molar-refractivity contribution in [2.24, 2.45) is 5.41 Å². The number of piperidine rings is 1. The number of aryl methyl sites for hydroxylation is 3. The quantitative estimate of drug-likeness (QED) is 0.556. The molecular weight excluding hydrogens is 469 g/mol. The Morgan fingerprint density at radius 2 is 1.91 bits per heavy atom. The minimum atomic E-state index is -0.467. The molecule has 2 fully saturated rings. The van der Waals surface area contributed by atoms with Crippen LogP contribution in [-0.2, 0) is 4.79 Å². The normalized spacial score (nSPS) is 22.7. The summed E-state index contributed by atoms with van der Waals surface area (Å²) in [5.41, 5.74) is 3.34. The van der Waals surface area contributed by atoms with Crippen molar-refractivity contribution < 1.29 is 14.0 Å². The van der Waals surface area contributed by atoms with E-state index in [4.69, 9.17) is 11.6 Å². The van der Waals surface area contributed by atoms with Crippen LogP contribution >= 0.6 is 11.6 Å². The van der Waals surface area contributed by atoms with E-state index in [1.807, 2.05) is 19.9 Å². The van der Waals surface area contributed by atoms with Crippen LogP contribution in [0.15, 0.2) is 24.4 Å². The Labute approximate surface area is 208 Å². The molecule has 9 heteroatoms. The van der Waals surface area contributed by atoms with Crippen molar-refractivity contribution in [3.63, 3.8) is 0 Å². The van der Waals surface area contributed by atoms with Crippen LogP contribution in [0.2, 0.25) is 5.02 Å². The van der Waals surface area contributed by atoms with Gasteiger partial charge in [0.25, 0.3) is 5.91 Å². The lowest BCUT2D eigenvalue weighted by Gasteiger charge is -2.45. The molecule has 1 saturated heterocycles. The van der Waals surface area contributed by atoms with Crippen LogP contribution in [0.5, 0.6) is 0 Å². The molecule has 1 aliphatic heterocycles. The standard InChI is InChI=1S/C26H29ClFN5O2/c1-15-11-22(20(27)13-21(15)28)32-10-4-7-26(25(32)35)8-5-18(6-9-26)31-24(34)19-14-29-33-17(3)12-16(2)30-23(19)33/h11-14,18H,4-10H2,1-3H3,(H,31,34). The molecule has 2 aromatic heterocycles. The van der Waals surface area contributed by atoms with Gasteiger partial charge in [-0.2, -0.15) is 5.10 Å². The molecule has 1 aliphatic carbocycles. The molecule has 1 saturated carbocycles. The van der Waals surface area contributed by atoms with Gasteiger partial charge in [0.1, 0.15) is 11.4 Å². The molecule has 184 valence electrons. The average Bonchev–Trinajstić information content (AvgIpc) is 3.24. The zero-order valence-corrected chi connectivity index (χ0v) is 21.0. The lowest BCUT2D eigenvalue weighted by molar-refractivity contribution is -0.132. The van der Waals surface area contributed by atoms with Crippen LogP contribution in [-0.4, -0.2) is 39.0 Å². The largest absolute Gasteiger partial charge is 0.349 e. The van der Waals surface area contributed by atoms with Gasteiger partial charge in [0.05, 0.1) is 16.9 Å². The maximum absolute atomic E-state index is 13.9. The zero-order valence-electron chi connectivity index (χ0n) is 20.2. The number of rotatable bonds is 3. The third-order valence-corrected chi connectivity index (χ3v) is 7.86. The predicted molar refractivity (Wildman–Crippen MR) is 132 cm³/mol. The highest BCUT2D eigenvalue weighted by Crippen LogP contribution is 2.46. The highest BCUT2D eigenvalue weighted by Gasteiger charge is 2.46. The van der Waals surface area contributed by atoms with E-state index in [1.54, 1.807) is 28.6 Å². The van der Waals surface area contributed by atoms with Gasteiger partial charge in [0.2, 0.25) is 5.91 Å². The second-order valence-electron chi connectivity index (χ2n) is 9.97. The van der Waals surface area contributed by atoms with Crippen molar-refractivity contribution in [3.8, 4) is 0 Å². The lowest BCUT2D eigenvalue weighted by Crippen LogP contribution is -2.52. The Kier molecular flexibility index (Phi) is 6.03. The van der Waals surface area contributed by atoms with Crippen molar-refractivity contribution in [3.05, 3.63) is 57.8 Å². The number of hydrogen-bond acceptors (Lipinski definition) is 4. The molecule has 0 radical (unpaired) electrons. The van der Waals surface area contributed by atoms with E-state index in [2.05, 4.69) is 15.4 Å². The molecule has 7 nitrogen and oxygen atoms in total. The van der Waals surface area contributed by atoms with Gasteiger partial charge in [-0.05, 0) is 83.1 Å². The first-order valence-electron chi connectivity index (χ1n) is 12.1. The van der Waals surface area contributed by atoms with Gasteiger partial charge < -0.3 is 10.2 Å². The van der Waals surface area contributed by atoms with E-state index in [9.17, 15) is 14.0 Å². The summed E-state index contributed by atoms with van der Waals surface area (Å²) in [5, 5.41) is 7.71. The van der Waals surface area contributed by atoms with Gasteiger partial charge in [-0.1, -0.05) is 11.6 Å². The fraction of sp³-hybridized carbons (Fsp3) is 0.462. The number of carbonyl (C=O) groups is 2. The molecule has 5 rings (SSSR count). The number of nitrogens with one attached hydrogen (secondary N) is 1. The van der Waals surface area contributed by atoms with Gasteiger partial charge in [-0.3, -0.25) is 9.59 Å². The second kappa shape index (κ2) is 8.90. The molecule has 35 heavy (non-hydrogen) atoms. The number of nitrogens with zero attached hydrogens (tertiary/aromatic N) is 4. The smallest absolute Gasteiger partial charge is 0.256 e. The van der Waals surface area contributed by atoms with Gasteiger partial charge in [0, 0.05) is 29.4 Å². The van der Waals surface area contributed by atoms with E-state index in [1.165, 1.54) is 6.07 Å². The fourth-order valence-electron chi connectivity index (χ4n) is 5.62. The van der Waals surface area contributed by atoms with Gasteiger partial charge in [-0.25, -0.2) is 13.9 Å². The van der Waals surface area contributed by atoms with Crippen molar-refractivity contribution in [1.29, 1.82) is 0 Å². The summed E-state index contributed by atoms with van der Waals surface area (Å²) in [4.78, 5) is 32.9. The molecule has 0 atom stereocenters. The Hall–Kier alpha value is -3.00.